The first-order valence-electron chi connectivity index (χ1n) is 5.83. The van der Waals surface area contributed by atoms with Crippen LogP contribution in [0, 0.1) is 5.92 Å². The first-order chi connectivity index (χ1) is 7.63. The molecule has 0 aromatic heterocycles. The van der Waals surface area contributed by atoms with Crippen molar-refractivity contribution >= 4 is 18.3 Å². The molecule has 1 fully saturated rings. The Balaban J connectivity index is 0.00000256. The Morgan fingerprint density at radius 1 is 1.59 bits per heavy atom. The Bertz CT molecular complexity index is 223. The van der Waals surface area contributed by atoms with Gasteiger partial charge in [0.15, 0.2) is 0 Å². The van der Waals surface area contributed by atoms with Gasteiger partial charge in [-0.15, -0.1) is 12.4 Å². The summed E-state index contributed by atoms with van der Waals surface area (Å²) < 4.78 is 10.8. The van der Waals surface area contributed by atoms with E-state index >= 15 is 0 Å². The monoisotopic (exact) mass is 266 g/mol. The van der Waals surface area contributed by atoms with Crippen molar-refractivity contribution in [3.63, 3.8) is 0 Å². The van der Waals surface area contributed by atoms with Crippen LogP contribution >= 0.6 is 12.4 Å². The van der Waals surface area contributed by atoms with Crippen molar-refractivity contribution in [3.8, 4) is 0 Å². The van der Waals surface area contributed by atoms with Crippen molar-refractivity contribution < 1.29 is 14.3 Å². The Morgan fingerprint density at radius 3 is 2.82 bits per heavy atom. The summed E-state index contributed by atoms with van der Waals surface area (Å²) in [5.74, 6) is -0.154. The largest absolute Gasteiger partial charge is 0.379 e. The molecular formula is C11H23ClN2O3. The zero-order chi connectivity index (χ0) is 12.0. The second-order valence-electron chi connectivity index (χ2n) is 4.37. The van der Waals surface area contributed by atoms with Crippen molar-refractivity contribution in [3.05, 3.63) is 0 Å². The van der Waals surface area contributed by atoms with E-state index in [1.807, 2.05) is 13.8 Å². The molecule has 0 aromatic rings. The number of ether oxygens (including phenoxy) is 2. The number of halogens is 1. The molecule has 1 amide bonds. The lowest BCUT2D eigenvalue weighted by Gasteiger charge is -2.18. The molecule has 3 atom stereocenters. The molecule has 1 heterocycles. The molecule has 1 saturated heterocycles. The van der Waals surface area contributed by atoms with Crippen LogP contribution in [0.5, 0.6) is 0 Å². The minimum absolute atomic E-state index is 0. The Labute approximate surface area is 109 Å². The van der Waals surface area contributed by atoms with Gasteiger partial charge in [-0.2, -0.15) is 0 Å². The lowest BCUT2D eigenvalue weighted by atomic mass is 10.1. The first-order valence-corrected chi connectivity index (χ1v) is 5.83. The third-order valence-corrected chi connectivity index (χ3v) is 2.66. The summed E-state index contributed by atoms with van der Waals surface area (Å²) in [5, 5.41) is 2.87. The molecular weight excluding hydrogens is 244 g/mol. The van der Waals surface area contributed by atoms with Gasteiger partial charge in [0.1, 0.15) is 0 Å². The number of nitrogens with one attached hydrogen (secondary N) is 1. The lowest BCUT2D eigenvalue weighted by molar-refractivity contribution is -0.125. The SMILES string of the molecule is CC(COC1CCOC1)NC(=O)C(C)CN.Cl. The first kappa shape index (κ1) is 16.6. The molecule has 1 rings (SSSR count). The summed E-state index contributed by atoms with van der Waals surface area (Å²) in [6.45, 7) is 6.08. The summed E-state index contributed by atoms with van der Waals surface area (Å²) in [5.41, 5.74) is 5.41. The molecule has 0 radical (unpaired) electrons. The second-order valence-corrected chi connectivity index (χ2v) is 4.37. The van der Waals surface area contributed by atoms with E-state index in [1.54, 1.807) is 0 Å². The normalized spacial score (nSPS) is 22.6. The highest BCUT2D eigenvalue weighted by molar-refractivity contribution is 5.85. The van der Waals surface area contributed by atoms with E-state index in [-0.39, 0.29) is 36.4 Å². The second kappa shape index (κ2) is 8.69. The molecule has 3 N–H and O–H groups in total. The maximum absolute atomic E-state index is 11.5. The van der Waals surface area contributed by atoms with Crippen LogP contribution in [-0.2, 0) is 14.3 Å². The average Bonchev–Trinajstić information content (AvgIpc) is 2.78. The molecule has 102 valence electrons. The van der Waals surface area contributed by atoms with Crippen LogP contribution in [-0.4, -0.2) is 44.4 Å². The van der Waals surface area contributed by atoms with E-state index in [4.69, 9.17) is 15.2 Å². The molecule has 0 spiro atoms. The standard InChI is InChI=1S/C11H22N2O3.ClH/c1-8(5-12)11(14)13-9(2)6-16-10-3-4-15-7-10;/h8-10H,3-7,12H2,1-2H3,(H,13,14);1H. The molecule has 17 heavy (non-hydrogen) atoms. The van der Waals surface area contributed by atoms with E-state index in [9.17, 15) is 4.79 Å². The maximum Gasteiger partial charge on any atom is 0.224 e. The number of hydrogen-bond donors (Lipinski definition) is 2. The van der Waals surface area contributed by atoms with E-state index in [2.05, 4.69) is 5.32 Å². The fraction of sp³-hybridized carbons (Fsp3) is 0.909. The van der Waals surface area contributed by atoms with Crippen LogP contribution in [0.25, 0.3) is 0 Å². The van der Waals surface area contributed by atoms with Gasteiger partial charge in [0.2, 0.25) is 5.91 Å². The fourth-order valence-electron chi connectivity index (χ4n) is 1.46. The van der Waals surface area contributed by atoms with Crippen LogP contribution in [0.15, 0.2) is 0 Å². The number of rotatable bonds is 6. The minimum Gasteiger partial charge on any atom is -0.379 e. The van der Waals surface area contributed by atoms with E-state index < -0.39 is 0 Å². The van der Waals surface area contributed by atoms with Crippen LogP contribution < -0.4 is 11.1 Å². The molecule has 3 unspecified atom stereocenters. The van der Waals surface area contributed by atoms with E-state index in [1.165, 1.54) is 0 Å². The lowest BCUT2D eigenvalue weighted by Crippen LogP contribution is -2.41. The predicted molar refractivity (Wildman–Crippen MR) is 68.2 cm³/mol. The maximum atomic E-state index is 11.5. The Hall–Kier alpha value is -0.360. The highest BCUT2D eigenvalue weighted by Gasteiger charge is 2.18. The molecule has 6 heteroatoms. The Morgan fingerprint density at radius 2 is 2.29 bits per heavy atom. The van der Waals surface area contributed by atoms with Gasteiger partial charge in [-0.25, -0.2) is 0 Å². The zero-order valence-electron chi connectivity index (χ0n) is 10.5. The summed E-state index contributed by atoms with van der Waals surface area (Å²) in [6.07, 6.45) is 1.13. The van der Waals surface area contributed by atoms with Crippen molar-refractivity contribution in [2.75, 3.05) is 26.4 Å². The van der Waals surface area contributed by atoms with Gasteiger partial charge in [0.05, 0.1) is 19.3 Å². The Kier molecular flexibility index (Phi) is 8.51. The van der Waals surface area contributed by atoms with Crippen LogP contribution in [0.3, 0.4) is 0 Å². The highest BCUT2D eigenvalue weighted by atomic mass is 35.5. The quantitative estimate of drug-likeness (QED) is 0.726. The molecule has 0 saturated carbocycles. The van der Waals surface area contributed by atoms with Gasteiger partial charge in [0, 0.05) is 25.1 Å². The minimum atomic E-state index is -0.141. The van der Waals surface area contributed by atoms with Crippen LogP contribution in [0.4, 0.5) is 0 Å². The molecule has 1 aliphatic heterocycles. The summed E-state index contributed by atoms with van der Waals surface area (Å²) >= 11 is 0. The number of hydrogen-bond acceptors (Lipinski definition) is 4. The summed E-state index contributed by atoms with van der Waals surface area (Å²) in [6, 6.07) is 0.0158. The van der Waals surface area contributed by atoms with Gasteiger partial charge >= 0.3 is 0 Å². The van der Waals surface area contributed by atoms with Crippen molar-refractivity contribution in [2.45, 2.75) is 32.4 Å². The smallest absolute Gasteiger partial charge is 0.224 e. The number of amides is 1. The fourth-order valence-corrected chi connectivity index (χ4v) is 1.46. The number of carbonyl (C=O) groups is 1. The highest BCUT2D eigenvalue weighted by Crippen LogP contribution is 2.08. The number of nitrogens with two attached hydrogens (primary N) is 1. The van der Waals surface area contributed by atoms with E-state index in [0.29, 0.717) is 19.8 Å². The molecule has 0 bridgehead atoms. The summed E-state index contributed by atoms with van der Waals surface area (Å²) in [4.78, 5) is 11.5. The zero-order valence-corrected chi connectivity index (χ0v) is 11.3. The van der Waals surface area contributed by atoms with Crippen LogP contribution in [0.1, 0.15) is 20.3 Å². The van der Waals surface area contributed by atoms with Gasteiger partial charge in [-0.3, -0.25) is 4.79 Å². The summed E-state index contributed by atoms with van der Waals surface area (Å²) in [7, 11) is 0. The van der Waals surface area contributed by atoms with Gasteiger partial charge in [0.25, 0.3) is 0 Å². The number of carbonyl (C=O) groups excluding carboxylic acids is 1. The molecule has 1 aliphatic rings. The van der Waals surface area contributed by atoms with Crippen LogP contribution in [0.2, 0.25) is 0 Å². The molecule has 5 nitrogen and oxygen atoms in total. The average molecular weight is 267 g/mol. The third kappa shape index (κ3) is 6.21. The van der Waals surface area contributed by atoms with Gasteiger partial charge in [-0.1, -0.05) is 6.92 Å². The topological polar surface area (TPSA) is 73.6 Å². The van der Waals surface area contributed by atoms with Crippen molar-refractivity contribution in [1.29, 1.82) is 0 Å². The predicted octanol–water partition coefficient (Wildman–Crippen LogP) is 0.313. The van der Waals surface area contributed by atoms with Gasteiger partial charge in [-0.05, 0) is 13.3 Å². The van der Waals surface area contributed by atoms with Crippen molar-refractivity contribution in [1.82, 2.24) is 5.32 Å². The molecule has 0 aromatic carbocycles. The van der Waals surface area contributed by atoms with E-state index in [0.717, 1.165) is 13.0 Å². The van der Waals surface area contributed by atoms with Gasteiger partial charge < -0.3 is 20.5 Å². The van der Waals surface area contributed by atoms with Crippen molar-refractivity contribution in [2.24, 2.45) is 11.7 Å². The molecule has 0 aliphatic carbocycles. The third-order valence-electron chi connectivity index (χ3n) is 2.66.